The second-order valence-electron chi connectivity index (χ2n) is 4.18. The van der Waals surface area contributed by atoms with Gasteiger partial charge in [-0.25, -0.2) is 0 Å². The number of benzene rings is 1. The standard InChI is InChI=1S/C14H13N3O2S/c1-18-10-7-11(20-8-10)13-16-17-14(19-13)12(15)9-5-3-2-4-6-9/h2-8,12H,15H2,1H3. The zero-order valence-corrected chi connectivity index (χ0v) is 11.6. The normalized spacial score (nSPS) is 12.3. The van der Waals surface area contributed by atoms with E-state index in [1.807, 2.05) is 41.8 Å². The maximum atomic E-state index is 6.12. The van der Waals surface area contributed by atoms with Crippen molar-refractivity contribution in [2.75, 3.05) is 7.11 Å². The first-order valence-corrected chi connectivity index (χ1v) is 6.92. The molecule has 0 amide bonds. The van der Waals surface area contributed by atoms with Gasteiger partial charge >= 0.3 is 0 Å². The fourth-order valence-corrected chi connectivity index (χ4v) is 2.58. The minimum absolute atomic E-state index is 0.401. The van der Waals surface area contributed by atoms with Crippen LogP contribution in [0.15, 0.2) is 46.2 Å². The van der Waals surface area contributed by atoms with Gasteiger partial charge in [-0.3, -0.25) is 0 Å². The third kappa shape index (κ3) is 2.43. The highest BCUT2D eigenvalue weighted by molar-refractivity contribution is 7.13. The highest BCUT2D eigenvalue weighted by atomic mass is 32.1. The van der Waals surface area contributed by atoms with Crippen LogP contribution in [0.4, 0.5) is 0 Å². The molecular weight excluding hydrogens is 274 g/mol. The summed E-state index contributed by atoms with van der Waals surface area (Å²) in [5.41, 5.74) is 7.06. The van der Waals surface area contributed by atoms with Crippen LogP contribution in [0.1, 0.15) is 17.5 Å². The van der Waals surface area contributed by atoms with Crippen LogP contribution in [0.25, 0.3) is 10.8 Å². The average molecular weight is 287 g/mol. The monoisotopic (exact) mass is 287 g/mol. The van der Waals surface area contributed by atoms with Gasteiger partial charge in [0.2, 0.25) is 5.89 Å². The summed E-state index contributed by atoms with van der Waals surface area (Å²) in [6.07, 6.45) is 0. The first-order chi connectivity index (χ1) is 9.78. The van der Waals surface area contributed by atoms with E-state index < -0.39 is 6.04 Å². The van der Waals surface area contributed by atoms with Gasteiger partial charge in [0.25, 0.3) is 5.89 Å². The highest BCUT2D eigenvalue weighted by Crippen LogP contribution is 2.31. The predicted octanol–water partition coefficient (Wildman–Crippen LogP) is 2.85. The van der Waals surface area contributed by atoms with Crippen molar-refractivity contribution in [2.24, 2.45) is 5.73 Å². The van der Waals surface area contributed by atoms with Gasteiger partial charge in [-0.05, 0) is 5.56 Å². The molecule has 0 radical (unpaired) electrons. The van der Waals surface area contributed by atoms with Gasteiger partial charge in [0.05, 0.1) is 12.0 Å². The Morgan fingerprint density at radius 3 is 2.75 bits per heavy atom. The summed E-state index contributed by atoms with van der Waals surface area (Å²) in [6.45, 7) is 0. The molecule has 0 saturated heterocycles. The molecule has 6 heteroatoms. The number of aromatic nitrogens is 2. The van der Waals surface area contributed by atoms with Crippen molar-refractivity contribution in [3.8, 4) is 16.5 Å². The number of thiophene rings is 1. The Bertz CT molecular complexity index is 693. The molecular formula is C14H13N3O2S. The first-order valence-electron chi connectivity index (χ1n) is 6.05. The van der Waals surface area contributed by atoms with E-state index in [4.69, 9.17) is 14.9 Å². The molecule has 2 aromatic heterocycles. The topological polar surface area (TPSA) is 74.2 Å². The molecule has 2 heterocycles. The van der Waals surface area contributed by atoms with Crippen LogP contribution >= 0.6 is 11.3 Å². The molecule has 0 spiro atoms. The van der Waals surface area contributed by atoms with Crippen molar-refractivity contribution in [3.63, 3.8) is 0 Å². The summed E-state index contributed by atoms with van der Waals surface area (Å²) < 4.78 is 10.8. The van der Waals surface area contributed by atoms with E-state index in [0.29, 0.717) is 11.8 Å². The van der Waals surface area contributed by atoms with Gasteiger partial charge < -0.3 is 14.9 Å². The van der Waals surface area contributed by atoms with Crippen molar-refractivity contribution in [1.82, 2.24) is 10.2 Å². The number of rotatable bonds is 4. The lowest BCUT2D eigenvalue weighted by atomic mass is 10.1. The van der Waals surface area contributed by atoms with Crippen LogP contribution in [-0.2, 0) is 0 Å². The average Bonchev–Trinajstić information content (AvgIpc) is 3.16. The van der Waals surface area contributed by atoms with E-state index >= 15 is 0 Å². The van der Waals surface area contributed by atoms with Crippen LogP contribution in [0.3, 0.4) is 0 Å². The fraction of sp³-hybridized carbons (Fsp3) is 0.143. The molecule has 0 fully saturated rings. The van der Waals surface area contributed by atoms with Gasteiger partial charge in [0, 0.05) is 11.4 Å². The molecule has 0 aliphatic rings. The molecule has 1 unspecified atom stereocenters. The van der Waals surface area contributed by atoms with Crippen LogP contribution in [0.5, 0.6) is 5.75 Å². The summed E-state index contributed by atoms with van der Waals surface area (Å²) in [5.74, 6) is 1.63. The van der Waals surface area contributed by atoms with E-state index in [1.54, 1.807) is 7.11 Å². The maximum absolute atomic E-state index is 6.12. The third-order valence-electron chi connectivity index (χ3n) is 2.89. The summed E-state index contributed by atoms with van der Waals surface area (Å²) >= 11 is 1.49. The van der Waals surface area contributed by atoms with Crippen LogP contribution < -0.4 is 10.5 Å². The molecule has 2 N–H and O–H groups in total. The molecule has 0 aliphatic heterocycles. The second kappa shape index (κ2) is 5.44. The number of methoxy groups -OCH3 is 1. The van der Waals surface area contributed by atoms with E-state index in [0.717, 1.165) is 16.2 Å². The minimum Gasteiger partial charge on any atom is -0.496 e. The molecule has 1 atom stereocenters. The largest absolute Gasteiger partial charge is 0.496 e. The van der Waals surface area contributed by atoms with Crippen molar-refractivity contribution in [3.05, 3.63) is 53.2 Å². The maximum Gasteiger partial charge on any atom is 0.257 e. The van der Waals surface area contributed by atoms with Gasteiger partial charge in [-0.1, -0.05) is 30.3 Å². The summed E-state index contributed by atoms with van der Waals surface area (Å²) in [4.78, 5) is 0.862. The van der Waals surface area contributed by atoms with Crippen LogP contribution in [0, 0.1) is 0 Å². The lowest BCUT2D eigenvalue weighted by Crippen LogP contribution is -2.11. The number of ether oxygens (including phenoxy) is 1. The lowest BCUT2D eigenvalue weighted by Gasteiger charge is -2.05. The van der Waals surface area contributed by atoms with E-state index in [2.05, 4.69) is 10.2 Å². The van der Waals surface area contributed by atoms with Crippen molar-refractivity contribution in [1.29, 1.82) is 0 Å². The van der Waals surface area contributed by atoms with Crippen molar-refractivity contribution >= 4 is 11.3 Å². The number of nitrogens with zero attached hydrogens (tertiary/aromatic N) is 2. The smallest absolute Gasteiger partial charge is 0.257 e. The molecule has 5 nitrogen and oxygen atoms in total. The molecule has 3 aromatic rings. The van der Waals surface area contributed by atoms with Crippen LogP contribution in [0.2, 0.25) is 0 Å². The Labute approximate surface area is 120 Å². The Hall–Kier alpha value is -2.18. The second-order valence-corrected chi connectivity index (χ2v) is 5.10. The molecule has 0 saturated carbocycles. The molecule has 3 rings (SSSR count). The van der Waals surface area contributed by atoms with Crippen LogP contribution in [-0.4, -0.2) is 17.3 Å². The SMILES string of the molecule is COc1csc(-c2nnc(C(N)c3ccccc3)o2)c1. The van der Waals surface area contributed by atoms with Gasteiger partial charge in [-0.15, -0.1) is 21.5 Å². The minimum atomic E-state index is -0.417. The Morgan fingerprint density at radius 1 is 1.25 bits per heavy atom. The van der Waals surface area contributed by atoms with Gasteiger partial charge in [0.1, 0.15) is 11.8 Å². The third-order valence-corrected chi connectivity index (χ3v) is 3.78. The number of hydrogen-bond acceptors (Lipinski definition) is 6. The predicted molar refractivity (Wildman–Crippen MR) is 76.6 cm³/mol. The van der Waals surface area contributed by atoms with E-state index in [-0.39, 0.29) is 0 Å². The first kappa shape index (κ1) is 12.8. The van der Waals surface area contributed by atoms with E-state index in [1.165, 1.54) is 11.3 Å². The molecule has 0 bridgehead atoms. The zero-order chi connectivity index (χ0) is 13.9. The van der Waals surface area contributed by atoms with Gasteiger partial charge in [0.15, 0.2) is 0 Å². The Kier molecular flexibility index (Phi) is 3.49. The number of nitrogens with two attached hydrogens (primary N) is 1. The summed E-state index contributed by atoms with van der Waals surface area (Å²) in [7, 11) is 1.62. The Morgan fingerprint density at radius 2 is 2.05 bits per heavy atom. The molecule has 1 aromatic carbocycles. The Balaban J connectivity index is 1.86. The number of hydrogen-bond donors (Lipinski definition) is 1. The lowest BCUT2D eigenvalue weighted by molar-refractivity contribution is 0.416. The summed E-state index contributed by atoms with van der Waals surface area (Å²) in [5, 5.41) is 9.95. The van der Waals surface area contributed by atoms with Crippen molar-refractivity contribution < 1.29 is 9.15 Å². The zero-order valence-electron chi connectivity index (χ0n) is 10.8. The fourth-order valence-electron chi connectivity index (χ4n) is 1.80. The molecule has 20 heavy (non-hydrogen) atoms. The van der Waals surface area contributed by atoms with Crippen molar-refractivity contribution in [2.45, 2.75) is 6.04 Å². The summed E-state index contributed by atoms with van der Waals surface area (Å²) in [6, 6.07) is 11.1. The molecule has 102 valence electrons. The van der Waals surface area contributed by atoms with E-state index in [9.17, 15) is 0 Å². The highest BCUT2D eigenvalue weighted by Gasteiger charge is 2.18. The van der Waals surface area contributed by atoms with Gasteiger partial charge in [-0.2, -0.15) is 0 Å². The quantitative estimate of drug-likeness (QED) is 0.798. The molecule has 0 aliphatic carbocycles.